The second-order valence-electron chi connectivity index (χ2n) is 6.82. The summed E-state index contributed by atoms with van der Waals surface area (Å²) in [5.74, 6) is -0.945. The number of benzene rings is 1. The molecule has 0 saturated heterocycles. The number of hydrogen-bond acceptors (Lipinski definition) is 6. The Hall–Kier alpha value is -1.33. The molecule has 0 aliphatic heterocycles. The van der Waals surface area contributed by atoms with E-state index in [1.807, 2.05) is 27.7 Å². The van der Waals surface area contributed by atoms with Crippen molar-refractivity contribution in [2.75, 3.05) is 13.2 Å². The second-order valence-corrected chi connectivity index (χ2v) is 8.21. The van der Waals surface area contributed by atoms with Crippen LogP contribution in [0.4, 0.5) is 0 Å². The first-order chi connectivity index (χ1) is 12.0. The zero-order valence-electron chi connectivity index (χ0n) is 15.5. The van der Waals surface area contributed by atoms with Crippen molar-refractivity contribution < 1.29 is 32.0 Å². The first-order valence-electron chi connectivity index (χ1n) is 8.48. The van der Waals surface area contributed by atoms with Crippen LogP contribution >= 0.6 is 0 Å². The van der Waals surface area contributed by atoms with Crippen molar-refractivity contribution in [2.45, 2.75) is 45.4 Å². The van der Waals surface area contributed by atoms with Gasteiger partial charge in [0.2, 0.25) is 0 Å². The van der Waals surface area contributed by atoms with Gasteiger partial charge in [0.25, 0.3) is 10.1 Å². The van der Waals surface area contributed by atoms with Gasteiger partial charge in [-0.2, -0.15) is 8.42 Å². The zero-order chi connectivity index (χ0) is 19.9. The van der Waals surface area contributed by atoms with E-state index in [1.54, 1.807) is 0 Å². The number of carbonyl (C=O) groups excluding carboxylic acids is 2. The summed E-state index contributed by atoms with van der Waals surface area (Å²) in [4.78, 5) is 23.5. The summed E-state index contributed by atoms with van der Waals surface area (Å²) in [5.41, 5.74) is -0.393. The van der Waals surface area contributed by atoms with E-state index < -0.39 is 27.0 Å². The Bertz CT molecular complexity index is 742. The Labute approximate surface area is 172 Å². The van der Waals surface area contributed by atoms with E-state index >= 15 is 0 Å². The van der Waals surface area contributed by atoms with E-state index in [2.05, 4.69) is 0 Å². The Morgan fingerprint density at radius 3 is 1.89 bits per heavy atom. The van der Waals surface area contributed by atoms with Crippen molar-refractivity contribution in [1.82, 2.24) is 0 Å². The molecule has 0 unspecified atom stereocenters. The van der Waals surface area contributed by atoms with Crippen molar-refractivity contribution in [2.24, 2.45) is 11.8 Å². The van der Waals surface area contributed by atoms with Gasteiger partial charge in [0, 0.05) is 0 Å². The molecule has 1 aromatic carbocycles. The molecular weight excluding hydrogens is 367 g/mol. The quantitative estimate of drug-likeness (QED) is 0.390. The van der Waals surface area contributed by atoms with E-state index in [1.165, 1.54) is 6.07 Å². The zero-order valence-corrected chi connectivity index (χ0v) is 16.3. The summed E-state index contributed by atoms with van der Waals surface area (Å²) >= 11 is 0. The molecular formula is C18H27LiO7S. The van der Waals surface area contributed by atoms with E-state index in [0.717, 1.165) is 12.1 Å². The molecule has 0 fully saturated rings. The molecule has 7 nitrogen and oxygen atoms in total. The predicted octanol–water partition coefficient (Wildman–Crippen LogP) is 2.69. The molecule has 0 spiro atoms. The van der Waals surface area contributed by atoms with Crippen molar-refractivity contribution in [3.8, 4) is 0 Å². The molecule has 1 N–H and O–H groups in total. The summed E-state index contributed by atoms with van der Waals surface area (Å²) in [5, 5.41) is 0. The second kappa shape index (κ2) is 11.5. The van der Waals surface area contributed by atoms with Gasteiger partial charge in [-0.25, -0.2) is 9.59 Å². The molecule has 0 heterocycles. The van der Waals surface area contributed by atoms with Crippen molar-refractivity contribution in [3.63, 3.8) is 0 Å². The van der Waals surface area contributed by atoms with Crippen LogP contribution in [0.15, 0.2) is 23.1 Å². The van der Waals surface area contributed by atoms with E-state index in [-0.39, 0.29) is 43.2 Å². The fraction of sp³-hybridized carbons (Fsp3) is 0.556. The molecule has 0 aromatic heterocycles. The van der Waals surface area contributed by atoms with Crippen LogP contribution in [0, 0.1) is 11.8 Å². The molecule has 0 amide bonds. The van der Waals surface area contributed by atoms with Crippen molar-refractivity contribution >= 4 is 40.9 Å². The molecule has 0 bridgehead atoms. The van der Waals surface area contributed by atoms with Gasteiger partial charge in [-0.05, 0) is 42.9 Å². The van der Waals surface area contributed by atoms with Crippen LogP contribution < -0.4 is 0 Å². The normalized spacial score (nSPS) is 11.2. The molecule has 1 rings (SSSR count). The van der Waals surface area contributed by atoms with Crippen LogP contribution in [0.3, 0.4) is 0 Å². The number of esters is 2. The Balaban J connectivity index is 0.00000676. The molecule has 148 valence electrons. The van der Waals surface area contributed by atoms with Gasteiger partial charge in [-0.15, -0.1) is 0 Å². The van der Waals surface area contributed by atoms with Crippen LogP contribution in [0.25, 0.3) is 0 Å². The molecule has 0 radical (unpaired) electrons. The minimum absolute atomic E-state index is 0. The van der Waals surface area contributed by atoms with Gasteiger partial charge in [-0.3, -0.25) is 4.55 Å². The Morgan fingerprint density at radius 2 is 1.44 bits per heavy atom. The topological polar surface area (TPSA) is 107 Å². The van der Waals surface area contributed by atoms with Gasteiger partial charge in [0.05, 0.1) is 24.3 Å². The fourth-order valence-electron chi connectivity index (χ4n) is 1.97. The SMILES string of the molecule is CC(C)CCOC(=O)c1ccc(C(=O)OCCC(C)C)c(S(=O)(=O)O)c1.[LiH]. The summed E-state index contributed by atoms with van der Waals surface area (Å²) in [6.45, 7) is 8.18. The molecule has 27 heavy (non-hydrogen) atoms. The first-order valence-corrected chi connectivity index (χ1v) is 9.92. The summed E-state index contributed by atoms with van der Waals surface area (Å²) in [7, 11) is -4.72. The van der Waals surface area contributed by atoms with Crippen LogP contribution in [-0.4, -0.2) is 57.0 Å². The molecule has 9 heteroatoms. The summed E-state index contributed by atoms with van der Waals surface area (Å²) in [6, 6.07) is 3.33. The molecule has 0 atom stereocenters. The third kappa shape index (κ3) is 8.93. The Morgan fingerprint density at radius 1 is 0.963 bits per heavy atom. The van der Waals surface area contributed by atoms with Gasteiger partial charge >= 0.3 is 30.8 Å². The van der Waals surface area contributed by atoms with Gasteiger partial charge < -0.3 is 9.47 Å². The molecule has 0 aliphatic carbocycles. The number of carbonyl (C=O) groups is 2. The molecule has 0 saturated carbocycles. The van der Waals surface area contributed by atoms with Gasteiger partial charge in [-0.1, -0.05) is 27.7 Å². The third-order valence-electron chi connectivity index (χ3n) is 3.57. The van der Waals surface area contributed by atoms with Gasteiger partial charge in [0.15, 0.2) is 0 Å². The van der Waals surface area contributed by atoms with Crippen LogP contribution in [-0.2, 0) is 19.6 Å². The summed E-state index contributed by atoms with van der Waals surface area (Å²) in [6.07, 6.45) is 1.28. The van der Waals surface area contributed by atoms with Crippen LogP contribution in [0.5, 0.6) is 0 Å². The number of hydrogen-bond donors (Lipinski definition) is 1. The van der Waals surface area contributed by atoms with Crippen molar-refractivity contribution in [3.05, 3.63) is 29.3 Å². The average Bonchev–Trinajstić information content (AvgIpc) is 2.52. The number of rotatable bonds is 9. The standard InChI is InChI=1S/C18H26O7S.Li.H/c1-12(2)7-9-24-17(19)14-5-6-15(16(11-14)26(21,22)23)18(20)25-10-8-13(3)4;;/h5-6,11-13H,7-10H2,1-4H3,(H,21,22,23);;. The predicted molar refractivity (Wildman–Crippen MR) is 103 cm³/mol. The van der Waals surface area contributed by atoms with Crippen LogP contribution in [0.2, 0.25) is 0 Å². The van der Waals surface area contributed by atoms with E-state index in [9.17, 15) is 22.6 Å². The van der Waals surface area contributed by atoms with Gasteiger partial charge in [0.1, 0.15) is 4.90 Å². The molecule has 1 aromatic rings. The first kappa shape index (κ1) is 25.7. The maximum absolute atomic E-state index is 12.1. The molecule has 0 aliphatic rings. The fourth-order valence-corrected chi connectivity index (χ4v) is 2.67. The van der Waals surface area contributed by atoms with Crippen molar-refractivity contribution in [1.29, 1.82) is 0 Å². The van der Waals surface area contributed by atoms with E-state index in [0.29, 0.717) is 24.7 Å². The summed E-state index contributed by atoms with van der Waals surface area (Å²) < 4.78 is 42.7. The third-order valence-corrected chi connectivity index (χ3v) is 4.47. The maximum atomic E-state index is 12.1. The Kier molecular flexibility index (Phi) is 10.9. The number of ether oxygens (including phenoxy) is 2. The monoisotopic (exact) mass is 394 g/mol. The average molecular weight is 394 g/mol. The minimum atomic E-state index is -4.72. The van der Waals surface area contributed by atoms with Crippen LogP contribution in [0.1, 0.15) is 61.3 Å². The van der Waals surface area contributed by atoms with E-state index in [4.69, 9.17) is 9.47 Å².